The summed E-state index contributed by atoms with van der Waals surface area (Å²) in [5.41, 5.74) is 1.83. The summed E-state index contributed by atoms with van der Waals surface area (Å²) in [5.74, 6) is 0.319. The Bertz CT molecular complexity index is 1020. The fourth-order valence-corrected chi connectivity index (χ4v) is 5.10. The maximum absolute atomic E-state index is 13.0. The van der Waals surface area contributed by atoms with E-state index in [-0.39, 0.29) is 24.6 Å². The minimum absolute atomic E-state index is 0.0728. The normalized spacial score (nSPS) is 20.2. The zero-order valence-electron chi connectivity index (χ0n) is 15.8. The number of benzene rings is 2. The molecule has 29 heavy (non-hydrogen) atoms. The standard InChI is InChI=1S/C20H20N2O6S/c1-27-17-6-2-14(3-7-17)15-4-8-18(9-5-15)29(25,26)21-11-10-16(12-21)22-19(23)13-28-20(22)24/h2-9,16H,10-13H2,1H3/t16-/m1/s1. The quantitative estimate of drug-likeness (QED) is 0.741. The van der Waals surface area contributed by atoms with Gasteiger partial charge in [-0.25, -0.2) is 18.1 Å². The highest BCUT2D eigenvalue weighted by Crippen LogP contribution is 2.28. The van der Waals surface area contributed by atoms with E-state index in [0.717, 1.165) is 21.8 Å². The zero-order chi connectivity index (χ0) is 20.6. The van der Waals surface area contributed by atoms with Crippen molar-refractivity contribution < 1.29 is 27.5 Å². The molecule has 0 bridgehead atoms. The number of hydrogen-bond acceptors (Lipinski definition) is 6. The molecule has 152 valence electrons. The van der Waals surface area contributed by atoms with Gasteiger partial charge in [0.25, 0.3) is 5.91 Å². The van der Waals surface area contributed by atoms with E-state index < -0.39 is 28.1 Å². The number of amides is 2. The van der Waals surface area contributed by atoms with Crippen LogP contribution >= 0.6 is 0 Å². The highest BCUT2D eigenvalue weighted by molar-refractivity contribution is 7.89. The van der Waals surface area contributed by atoms with Crippen LogP contribution in [0.1, 0.15) is 6.42 Å². The third kappa shape index (κ3) is 3.58. The summed E-state index contributed by atoms with van der Waals surface area (Å²) in [4.78, 5) is 24.7. The van der Waals surface area contributed by atoms with Gasteiger partial charge in [0.2, 0.25) is 10.0 Å². The minimum atomic E-state index is -3.72. The van der Waals surface area contributed by atoms with Gasteiger partial charge >= 0.3 is 6.09 Å². The number of ether oxygens (including phenoxy) is 2. The first kappa shape index (κ1) is 19.4. The largest absolute Gasteiger partial charge is 0.497 e. The Morgan fingerprint density at radius 3 is 2.17 bits per heavy atom. The molecule has 2 aromatic rings. The Morgan fingerprint density at radius 1 is 1.00 bits per heavy atom. The summed E-state index contributed by atoms with van der Waals surface area (Å²) in [6, 6.07) is 13.6. The molecule has 0 saturated carbocycles. The molecule has 0 aromatic heterocycles. The van der Waals surface area contributed by atoms with E-state index in [4.69, 9.17) is 9.47 Å². The van der Waals surface area contributed by atoms with Gasteiger partial charge in [-0.2, -0.15) is 4.31 Å². The maximum atomic E-state index is 13.0. The number of nitrogens with zero attached hydrogens (tertiary/aromatic N) is 2. The Labute approximate surface area is 168 Å². The van der Waals surface area contributed by atoms with E-state index in [1.807, 2.05) is 24.3 Å². The topological polar surface area (TPSA) is 93.2 Å². The van der Waals surface area contributed by atoms with Gasteiger partial charge in [0.1, 0.15) is 5.75 Å². The summed E-state index contributed by atoms with van der Waals surface area (Å²) in [7, 11) is -2.13. The van der Waals surface area contributed by atoms with Crippen LogP contribution < -0.4 is 4.74 Å². The number of sulfonamides is 1. The molecule has 2 aliphatic heterocycles. The molecular formula is C20H20N2O6S. The fraction of sp³-hybridized carbons (Fsp3) is 0.300. The first-order valence-electron chi connectivity index (χ1n) is 9.13. The summed E-state index contributed by atoms with van der Waals surface area (Å²) < 4.78 is 37.1. The second kappa shape index (κ2) is 7.49. The minimum Gasteiger partial charge on any atom is -0.497 e. The number of cyclic esters (lactones) is 1. The molecule has 0 radical (unpaired) electrons. The maximum Gasteiger partial charge on any atom is 0.417 e. The number of rotatable bonds is 5. The molecule has 0 spiro atoms. The van der Waals surface area contributed by atoms with Crippen LogP contribution in [0, 0.1) is 0 Å². The number of methoxy groups -OCH3 is 1. The number of imide groups is 1. The van der Waals surface area contributed by atoms with Gasteiger partial charge in [-0.1, -0.05) is 24.3 Å². The Kier molecular flexibility index (Phi) is 5.01. The third-order valence-corrected chi connectivity index (χ3v) is 7.07. The van der Waals surface area contributed by atoms with E-state index in [0.29, 0.717) is 6.42 Å². The van der Waals surface area contributed by atoms with Gasteiger partial charge in [0.05, 0.1) is 18.0 Å². The van der Waals surface area contributed by atoms with Crippen molar-refractivity contribution in [2.75, 3.05) is 26.8 Å². The van der Waals surface area contributed by atoms with Crippen LogP contribution in [-0.4, -0.2) is 62.5 Å². The van der Waals surface area contributed by atoms with Crippen molar-refractivity contribution in [3.05, 3.63) is 48.5 Å². The predicted molar refractivity (Wildman–Crippen MR) is 104 cm³/mol. The molecule has 4 rings (SSSR count). The molecule has 0 aliphatic carbocycles. The highest BCUT2D eigenvalue weighted by Gasteiger charge is 2.43. The van der Waals surface area contributed by atoms with Crippen LogP contribution in [-0.2, 0) is 19.6 Å². The van der Waals surface area contributed by atoms with Crippen LogP contribution in [0.5, 0.6) is 5.75 Å². The molecule has 8 nitrogen and oxygen atoms in total. The van der Waals surface area contributed by atoms with Crippen molar-refractivity contribution >= 4 is 22.0 Å². The molecule has 0 N–H and O–H groups in total. The number of carbonyl (C=O) groups excluding carboxylic acids is 2. The zero-order valence-corrected chi connectivity index (χ0v) is 16.6. The third-order valence-electron chi connectivity index (χ3n) is 5.19. The molecule has 2 fully saturated rings. The smallest absolute Gasteiger partial charge is 0.417 e. The molecule has 2 amide bonds. The van der Waals surface area contributed by atoms with Crippen LogP contribution in [0.2, 0.25) is 0 Å². The molecule has 2 heterocycles. The number of carbonyl (C=O) groups is 2. The monoisotopic (exact) mass is 416 g/mol. The average molecular weight is 416 g/mol. The first-order valence-corrected chi connectivity index (χ1v) is 10.6. The van der Waals surface area contributed by atoms with Crippen molar-refractivity contribution in [3.8, 4) is 16.9 Å². The summed E-state index contributed by atoms with van der Waals surface area (Å²) in [6.45, 7) is 0.0304. The lowest BCUT2D eigenvalue weighted by Gasteiger charge is -2.20. The second-order valence-electron chi connectivity index (χ2n) is 6.88. The van der Waals surface area contributed by atoms with Crippen molar-refractivity contribution in [1.82, 2.24) is 9.21 Å². The van der Waals surface area contributed by atoms with Crippen LogP contribution in [0.25, 0.3) is 11.1 Å². The van der Waals surface area contributed by atoms with Gasteiger partial charge in [-0.15, -0.1) is 0 Å². The van der Waals surface area contributed by atoms with E-state index in [2.05, 4.69) is 0 Å². The van der Waals surface area contributed by atoms with Crippen molar-refractivity contribution in [1.29, 1.82) is 0 Å². The lowest BCUT2D eigenvalue weighted by molar-refractivity contribution is -0.127. The van der Waals surface area contributed by atoms with Gasteiger partial charge in [0, 0.05) is 13.1 Å². The van der Waals surface area contributed by atoms with Crippen molar-refractivity contribution in [3.63, 3.8) is 0 Å². The molecular weight excluding hydrogens is 396 g/mol. The van der Waals surface area contributed by atoms with Gasteiger partial charge in [0.15, 0.2) is 6.61 Å². The van der Waals surface area contributed by atoms with Crippen LogP contribution in [0.4, 0.5) is 4.79 Å². The SMILES string of the molecule is COc1ccc(-c2ccc(S(=O)(=O)N3CC[C@@H](N4C(=O)COC4=O)C3)cc2)cc1. The average Bonchev–Trinajstić information content (AvgIpc) is 3.35. The molecule has 2 aliphatic rings. The molecule has 0 unspecified atom stereocenters. The lowest BCUT2D eigenvalue weighted by Crippen LogP contribution is -2.42. The van der Waals surface area contributed by atoms with Crippen LogP contribution in [0.15, 0.2) is 53.4 Å². The molecule has 2 aromatic carbocycles. The second-order valence-corrected chi connectivity index (χ2v) is 8.81. The molecule has 9 heteroatoms. The van der Waals surface area contributed by atoms with Gasteiger partial charge in [-0.3, -0.25) is 4.79 Å². The van der Waals surface area contributed by atoms with E-state index in [9.17, 15) is 18.0 Å². The number of hydrogen-bond donors (Lipinski definition) is 0. The van der Waals surface area contributed by atoms with E-state index in [1.165, 1.54) is 4.31 Å². The molecule has 1 atom stereocenters. The fourth-order valence-electron chi connectivity index (χ4n) is 3.61. The predicted octanol–water partition coefficient (Wildman–Crippen LogP) is 2.10. The van der Waals surface area contributed by atoms with Crippen molar-refractivity contribution in [2.24, 2.45) is 0 Å². The Morgan fingerprint density at radius 2 is 1.62 bits per heavy atom. The summed E-state index contributed by atoms with van der Waals surface area (Å²) in [6.07, 6.45) is -0.313. The Balaban J connectivity index is 1.50. The summed E-state index contributed by atoms with van der Waals surface area (Å²) in [5, 5.41) is 0. The lowest BCUT2D eigenvalue weighted by atomic mass is 10.1. The Hall–Kier alpha value is -2.91. The first-order chi connectivity index (χ1) is 13.9. The van der Waals surface area contributed by atoms with E-state index >= 15 is 0 Å². The van der Waals surface area contributed by atoms with Gasteiger partial charge in [-0.05, 0) is 41.8 Å². The van der Waals surface area contributed by atoms with Crippen molar-refractivity contribution in [2.45, 2.75) is 17.4 Å². The van der Waals surface area contributed by atoms with Gasteiger partial charge < -0.3 is 9.47 Å². The van der Waals surface area contributed by atoms with Crippen LogP contribution in [0.3, 0.4) is 0 Å². The van der Waals surface area contributed by atoms with E-state index in [1.54, 1.807) is 31.4 Å². The molecule has 2 saturated heterocycles. The summed E-state index contributed by atoms with van der Waals surface area (Å²) >= 11 is 0. The highest BCUT2D eigenvalue weighted by atomic mass is 32.2.